The Bertz CT molecular complexity index is 1010. The van der Waals surface area contributed by atoms with Crippen molar-refractivity contribution < 1.29 is 0 Å². The number of para-hydroxylation sites is 1. The second-order valence-electron chi connectivity index (χ2n) is 11.4. The molecule has 37 heavy (non-hydrogen) atoms. The summed E-state index contributed by atoms with van der Waals surface area (Å²) in [5.74, 6) is 3.92. The minimum absolute atomic E-state index is 0.444. The first-order chi connectivity index (χ1) is 18.0. The number of hydrogen-bond donors (Lipinski definition) is 2. The number of aromatic nitrogens is 2. The zero-order valence-electron chi connectivity index (χ0n) is 22.5. The van der Waals surface area contributed by atoms with E-state index in [9.17, 15) is 0 Å². The molecule has 0 unspecified atom stereocenters. The van der Waals surface area contributed by atoms with Crippen LogP contribution in [0.5, 0.6) is 0 Å². The van der Waals surface area contributed by atoms with Gasteiger partial charge in [-0.3, -0.25) is 0 Å². The van der Waals surface area contributed by atoms with Crippen LogP contribution >= 0.6 is 12.2 Å². The van der Waals surface area contributed by atoms with Crippen LogP contribution in [0.1, 0.15) is 58.8 Å². The highest BCUT2D eigenvalue weighted by Crippen LogP contribution is 2.29. The third-order valence-electron chi connectivity index (χ3n) is 8.03. The maximum Gasteiger partial charge on any atom is 0.232 e. The van der Waals surface area contributed by atoms with Crippen LogP contribution in [0.25, 0.3) is 0 Å². The summed E-state index contributed by atoms with van der Waals surface area (Å²) in [6.45, 7) is 10.6. The molecule has 0 bridgehead atoms. The molecule has 3 fully saturated rings. The minimum atomic E-state index is 0.444. The van der Waals surface area contributed by atoms with Gasteiger partial charge in [-0.25, -0.2) is 0 Å². The molecular weight excluding hydrogens is 478 g/mol. The van der Waals surface area contributed by atoms with E-state index < -0.39 is 0 Å². The summed E-state index contributed by atoms with van der Waals surface area (Å²) in [5.41, 5.74) is 1.29. The average Bonchev–Trinajstić information content (AvgIpc) is 3.17. The molecule has 200 valence electrons. The van der Waals surface area contributed by atoms with Crippen molar-refractivity contribution in [1.82, 2.24) is 15.3 Å². The summed E-state index contributed by atoms with van der Waals surface area (Å²) in [7, 11) is 0. The molecule has 2 aliphatic heterocycles. The van der Waals surface area contributed by atoms with Gasteiger partial charge in [0.2, 0.25) is 5.95 Å². The number of benzene rings is 1. The van der Waals surface area contributed by atoms with E-state index in [0.717, 1.165) is 50.9 Å². The molecule has 2 N–H and O–H groups in total. The van der Waals surface area contributed by atoms with Crippen LogP contribution in [0, 0.1) is 11.8 Å². The lowest BCUT2D eigenvalue weighted by molar-refractivity contribution is 0.355. The first-order valence-corrected chi connectivity index (χ1v) is 14.7. The fourth-order valence-electron chi connectivity index (χ4n) is 6.23. The van der Waals surface area contributed by atoms with E-state index in [4.69, 9.17) is 22.2 Å². The first-order valence-electron chi connectivity index (χ1n) is 14.3. The first kappa shape index (κ1) is 26.0. The van der Waals surface area contributed by atoms with Gasteiger partial charge in [-0.2, -0.15) is 9.97 Å². The quantitative estimate of drug-likeness (QED) is 0.406. The zero-order valence-corrected chi connectivity index (χ0v) is 23.3. The molecule has 1 saturated carbocycles. The van der Waals surface area contributed by atoms with Crippen LogP contribution in [0.2, 0.25) is 0 Å². The zero-order chi connectivity index (χ0) is 25.6. The smallest absolute Gasteiger partial charge is 0.232 e. The van der Waals surface area contributed by atoms with Gasteiger partial charge in [-0.05, 0) is 55.4 Å². The molecule has 1 aliphatic carbocycles. The predicted octanol–water partition coefficient (Wildman–Crippen LogP) is 5.29. The second kappa shape index (κ2) is 12.3. The van der Waals surface area contributed by atoms with E-state index >= 15 is 0 Å². The molecule has 1 aromatic carbocycles. The lowest BCUT2D eigenvalue weighted by Crippen LogP contribution is -2.47. The fourth-order valence-corrected chi connectivity index (χ4v) is 6.49. The lowest BCUT2D eigenvalue weighted by Gasteiger charge is -2.38. The summed E-state index contributed by atoms with van der Waals surface area (Å²) in [4.78, 5) is 17.2. The monoisotopic (exact) mass is 521 g/mol. The number of nitrogens with zero attached hydrogens (tertiary/aromatic N) is 5. The number of piperazine rings is 1. The SMILES string of the molecule is C[C@@H]1C[C@@H](C)CN(c2cc(N3CCN(c4ccccc4)CC3)nc(NC(=S)NC3CCCCCC3)n2)C1. The van der Waals surface area contributed by atoms with E-state index in [0.29, 0.717) is 28.9 Å². The Kier molecular flexibility index (Phi) is 8.64. The van der Waals surface area contributed by atoms with Gasteiger partial charge in [0.25, 0.3) is 0 Å². The Morgan fingerprint density at radius 2 is 1.41 bits per heavy atom. The molecule has 3 heterocycles. The van der Waals surface area contributed by atoms with E-state index in [1.807, 2.05) is 0 Å². The topological polar surface area (TPSA) is 59.6 Å². The van der Waals surface area contributed by atoms with Crippen LogP contribution in [0.3, 0.4) is 0 Å². The fraction of sp³-hybridized carbons (Fsp3) is 0.621. The molecule has 2 saturated heterocycles. The maximum atomic E-state index is 5.73. The van der Waals surface area contributed by atoms with Crippen LogP contribution in [0.15, 0.2) is 36.4 Å². The van der Waals surface area contributed by atoms with E-state index in [1.165, 1.54) is 50.6 Å². The molecule has 2 atom stereocenters. The molecule has 7 nitrogen and oxygen atoms in total. The van der Waals surface area contributed by atoms with Gasteiger partial charge in [-0.1, -0.05) is 57.7 Å². The Labute approximate surface area is 228 Å². The number of thiocarbonyl (C=S) groups is 1. The summed E-state index contributed by atoms with van der Waals surface area (Å²) in [6.07, 6.45) is 8.85. The Balaban J connectivity index is 1.32. The van der Waals surface area contributed by atoms with Crippen molar-refractivity contribution in [3.8, 4) is 0 Å². The molecule has 5 rings (SSSR count). The van der Waals surface area contributed by atoms with Crippen LogP contribution < -0.4 is 25.3 Å². The largest absolute Gasteiger partial charge is 0.368 e. The van der Waals surface area contributed by atoms with Gasteiger partial charge in [0.15, 0.2) is 5.11 Å². The van der Waals surface area contributed by atoms with Gasteiger partial charge in [0.05, 0.1) is 0 Å². The van der Waals surface area contributed by atoms with Gasteiger partial charge < -0.3 is 25.3 Å². The summed E-state index contributed by atoms with van der Waals surface area (Å²) in [5, 5.41) is 7.55. The third-order valence-corrected chi connectivity index (χ3v) is 8.25. The van der Waals surface area contributed by atoms with Gasteiger partial charge in [0, 0.05) is 57.1 Å². The third kappa shape index (κ3) is 7.03. The van der Waals surface area contributed by atoms with Crippen LogP contribution in [0.4, 0.5) is 23.3 Å². The predicted molar refractivity (Wildman–Crippen MR) is 159 cm³/mol. The van der Waals surface area contributed by atoms with Gasteiger partial charge >= 0.3 is 0 Å². The number of hydrogen-bond acceptors (Lipinski definition) is 6. The van der Waals surface area contributed by atoms with Crippen molar-refractivity contribution in [1.29, 1.82) is 0 Å². The summed E-state index contributed by atoms with van der Waals surface area (Å²) in [6, 6.07) is 13.3. The standard InChI is InChI=1S/C29H43N7S/c1-22-18-23(2)21-36(20-22)27-19-26(35-16-14-34(15-17-35)25-12-8-5-9-13-25)31-28(32-27)33-29(37)30-24-10-6-3-4-7-11-24/h5,8-9,12-13,19,22-24H,3-4,6-7,10-11,14-18,20-21H2,1-2H3,(H2,30,31,32,33,37)/t22-,23-/m1/s1. The molecule has 2 aromatic rings. The van der Waals surface area contributed by atoms with E-state index in [-0.39, 0.29) is 0 Å². The Morgan fingerprint density at radius 3 is 2.05 bits per heavy atom. The van der Waals surface area contributed by atoms with Crippen molar-refractivity contribution in [2.24, 2.45) is 11.8 Å². The summed E-state index contributed by atoms with van der Waals surface area (Å²) < 4.78 is 0. The highest BCUT2D eigenvalue weighted by molar-refractivity contribution is 7.80. The van der Waals surface area contributed by atoms with E-state index in [2.05, 4.69) is 75.6 Å². The maximum absolute atomic E-state index is 5.73. The van der Waals surface area contributed by atoms with Crippen molar-refractivity contribution in [2.75, 3.05) is 59.3 Å². The minimum Gasteiger partial charge on any atom is -0.368 e. The normalized spacial score (nSPS) is 23.5. The van der Waals surface area contributed by atoms with E-state index in [1.54, 1.807) is 0 Å². The highest BCUT2D eigenvalue weighted by atomic mass is 32.1. The highest BCUT2D eigenvalue weighted by Gasteiger charge is 2.26. The van der Waals surface area contributed by atoms with Gasteiger partial charge in [0.1, 0.15) is 11.6 Å². The Morgan fingerprint density at radius 1 is 0.811 bits per heavy atom. The van der Waals surface area contributed by atoms with Crippen molar-refractivity contribution in [2.45, 2.75) is 64.8 Å². The second-order valence-corrected chi connectivity index (χ2v) is 11.8. The van der Waals surface area contributed by atoms with Crippen molar-refractivity contribution in [3.05, 3.63) is 36.4 Å². The average molecular weight is 522 g/mol. The number of nitrogens with one attached hydrogen (secondary N) is 2. The molecule has 0 amide bonds. The molecule has 0 spiro atoms. The molecular formula is C29H43N7S. The Hall–Kier alpha value is -2.61. The summed E-state index contributed by atoms with van der Waals surface area (Å²) >= 11 is 5.73. The number of anilines is 4. The molecule has 8 heteroatoms. The van der Waals surface area contributed by atoms with Crippen LogP contribution in [-0.4, -0.2) is 60.4 Å². The number of piperidine rings is 1. The van der Waals surface area contributed by atoms with Crippen molar-refractivity contribution in [3.63, 3.8) is 0 Å². The van der Waals surface area contributed by atoms with Crippen LogP contribution in [-0.2, 0) is 0 Å². The number of rotatable bonds is 5. The molecule has 1 aromatic heterocycles. The molecule has 3 aliphatic rings. The van der Waals surface area contributed by atoms with Gasteiger partial charge in [-0.15, -0.1) is 0 Å². The van der Waals surface area contributed by atoms with Crippen molar-refractivity contribution >= 4 is 40.6 Å². The molecule has 0 radical (unpaired) electrons. The lowest BCUT2D eigenvalue weighted by atomic mass is 9.92.